The summed E-state index contributed by atoms with van der Waals surface area (Å²) in [6, 6.07) is 4.12. The van der Waals surface area contributed by atoms with Gasteiger partial charge in [0.05, 0.1) is 0 Å². The molecule has 1 aliphatic heterocycles. The summed E-state index contributed by atoms with van der Waals surface area (Å²) in [4.78, 5) is 0. The van der Waals surface area contributed by atoms with E-state index < -0.39 is 24.1 Å². The summed E-state index contributed by atoms with van der Waals surface area (Å²) >= 11 is 0. The molecule has 21 heavy (non-hydrogen) atoms. The zero-order valence-corrected chi connectivity index (χ0v) is 11.0. The van der Waals surface area contributed by atoms with E-state index in [9.17, 15) is 17.6 Å². The summed E-state index contributed by atoms with van der Waals surface area (Å²) in [5.41, 5.74) is 11.8. The number of hydrazine groups is 1. The first kappa shape index (κ1) is 15.5. The number of alkyl halides is 2. The molecule has 0 aliphatic carbocycles. The molecule has 0 radical (unpaired) electrons. The molecule has 0 aromatic heterocycles. The maximum absolute atomic E-state index is 14.1. The van der Waals surface area contributed by atoms with Crippen LogP contribution < -0.4 is 16.9 Å². The van der Waals surface area contributed by atoms with E-state index in [-0.39, 0.29) is 17.1 Å². The van der Waals surface area contributed by atoms with Gasteiger partial charge in [0, 0.05) is 24.9 Å². The van der Waals surface area contributed by atoms with Gasteiger partial charge in [0.25, 0.3) is 0 Å². The molecule has 9 heteroatoms. The van der Waals surface area contributed by atoms with Crippen LogP contribution in [0.2, 0.25) is 0 Å². The molecule has 0 bridgehead atoms. The van der Waals surface area contributed by atoms with Gasteiger partial charge >= 0.3 is 6.55 Å². The monoisotopic (exact) mass is 306 g/mol. The van der Waals surface area contributed by atoms with Crippen LogP contribution in [0.25, 0.3) is 0 Å². The molecule has 5 N–H and O–H groups in total. The van der Waals surface area contributed by atoms with Gasteiger partial charge in [0.1, 0.15) is 0 Å². The van der Waals surface area contributed by atoms with Gasteiger partial charge in [0.15, 0.2) is 0 Å². The van der Waals surface area contributed by atoms with Gasteiger partial charge in [-0.3, -0.25) is 0 Å². The number of hydrogen-bond donors (Lipinski definition) is 3. The van der Waals surface area contributed by atoms with Crippen LogP contribution in [-0.2, 0) is 17.0 Å². The van der Waals surface area contributed by atoms with Gasteiger partial charge in [-0.25, -0.2) is 9.40 Å². The summed E-state index contributed by atoms with van der Waals surface area (Å²) in [5.74, 6) is -3.24. The number of methoxy groups -OCH3 is 1. The van der Waals surface area contributed by atoms with Gasteiger partial charge in [0.2, 0.25) is 17.5 Å². The first-order valence-corrected chi connectivity index (χ1v) is 5.92. The third kappa shape index (κ3) is 2.33. The lowest BCUT2D eigenvalue weighted by Crippen LogP contribution is -2.48. The van der Waals surface area contributed by atoms with E-state index in [4.69, 9.17) is 16.2 Å². The van der Waals surface area contributed by atoms with E-state index in [0.717, 1.165) is 7.11 Å². The summed E-state index contributed by atoms with van der Waals surface area (Å²) in [6.07, 6.45) is 0. The van der Waals surface area contributed by atoms with Crippen molar-refractivity contribution in [2.75, 3.05) is 12.8 Å². The van der Waals surface area contributed by atoms with Crippen molar-refractivity contribution in [1.29, 1.82) is 0 Å². The highest BCUT2D eigenvalue weighted by Crippen LogP contribution is 2.41. The molecule has 5 nitrogen and oxygen atoms in total. The van der Waals surface area contributed by atoms with Gasteiger partial charge in [-0.05, 0) is 17.7 Å². The molecule has 1 heterocycles. The number of nitrogens with zero attached hydrogens (tertiary/aromatic N) is 1. The molecule has 2 rings (SSSR count). The van der Waals surface area contributed by atoms with Crippen molar-refractivity contribution >= 4 is 5.69 Å². The minimum Gasteiger partial charge on any atom is -0.398 e. The zero-order chi connectivity index (χ0) is 15.8. The number of benzene rings is 1. The van der Waals surface area contributed by atoms with Gasteiger partial charge in [-0.2, -0.15) is 18.6 Å². The van der Waals surface area contributed by atoms with E-state index in [0.29, 0.717) is 11.3 Å². The van der Waals surface area contributed by atoms with E-state index in [2.05, 4.69) is 0 Å². The largest absolute Gasteiger partial charge is 0.398 e. The fraction of sp³-hybridized carbons (Fsp3) is 0.333. The number of hydrogen-bond acceptors (Lipinski definition) is 5. The summed E-state index contributed by atoms with van der Waals surface area (Å²) < 4.78 is 58.1. The predicted octanol–water partition coefficient (Wildman–Crippen LogP) is 1.68. The Morgan fingerprint density at radius 2 is 2.05 bits per heavy atom. The van der Waals surface area contributed by atoms with E-state index >= 15 is 0 Å². The van der Waals surface area contributed by atoms with E-state index in [1.165, 1.54) is 18.2 Å². The van der Waals surface area contributed by atoms with Crippen LogP contribution in [0, 0.1) is 0 Å². The third-order valence-corrected chi connectivity index (χ3v) is 3.25. The first-order valence-electron chi connectivity index (χ1n) is 5.92. The number of nitrogen functional groups attached to an aromatic ring is 1. The average molecular weight is 306 g/mol. The molecular weight excluding hydrogens is 292 g/mol. The van der Waals surface area contributed by atoms with Crippen molar-refractivity contribution in [3.63, 3.8) is 0 Å². The number of halogens is 4. The lowest BCUT2D eigenvalue weighted by Gasteiger charge is -2.30. The predicted molar refractivity (Wildman–Crippen MR) is 67.7 cm³/mol. The average Bonchev–Trinajstić information content (AvgIpc) is 2.73. The first-order chi connectivity index (χ1) is 9.87. The van der Waals surface area contributed by atoms with Crippen molar-refractivity contribution in [3.05, 3.63) is 41.1 Å². The topological polar surface area (TPSA) is 76.5 Å². The van der Waals surface area contributed by atoms with Crippen molar-refractivity contribution < 1.29 is 22.3 Å². The molecule has 0 fully saturated rings. The number of rotatable bonds is 4. The van der Waals surface area contributed by atoms with Crippen LogP contribution in [-0.4, -0.2) is 18.7 Å². The minimum atomic E-state index is -3.28. The number of nitrogens with two attached hydrogens (primary N) is 2. The Labute approximate surface area is 118 Å². The van der Waals surface area contributed by atoms with Crippen molar-refractivity contribution in [2.45, 2.75) is 18.8 Å². The quantitative estimate of drug-likeness (QED) is 0.448. The van der Waals surface area contributed by atoms with Gasteiger partial charge in [-0.15, -0.1) is 0 Å². The molecule has 0 saturated heterocycles. The standard InChI is InChI=1S/C12H14F4N4O/c1-21-12(7-2-3-8(18)6(4-7)5-17)9(13)10(14)20(19-12)11(15)16/h2-4,11,19H,5,17-18H2,1H3. The van der Waals surface area contributed by atoms with Crippen LogP contribution in [0.15, 0.2) is 30.0 Å². The molecule has 1 unspecified atom stereocenters. The van der Waals surface area contributed by atoms with Gasteiger partial charge in [-0.1, -0.05) is 6.07 Å². The highest BCUT2D eigenvalue weighted by Gasteiger charge is 2.51. The third-order valence-electron chi connectivity index (χ3n) is 3.25. The second-order valence-corrected chi connectivity index (χ2v) is 4.37. The molecule has 0 spiro atoms. The summed E-state index contributed by atoms with van der Waals surface area (Å²) in [5, 5.41) is -0.239. The maximum Gasteiger partial charge on any atom is 0.330 e. The fourth-order valence-corrected chi connectivity index (χ4v) is 2.10. The Morgan fingerprint density at radius 3 is 2.52 bits per heavy atom. The van der Waals surface area contributed by atoms with Crippen LogP contribution in [0.1, 0.15) is 11.1 Å². The lowest BCUT2D eigenvalue weighted by molar-refractivity contribution is -0.112. The molecule has 116 valence electrons. The zero-order valence-electron chi connectivity index (χ0n) is 11.0. The Bertz CT molecular complexity index is 580. The second kappa shape index (κ2) is 5.51. The normalized spacial score (nSPS) is 22.5. The number of nitrogens with one attached hydrogen (secondary N) is 1. The summed E-state index contributed by atoms with van der Waals surface area (Å²) in [6.45, 7) is -3.23. The minimum absolute atomic E-state index is 0.0475. The Kier molecular flexibility index (Phi) is 4.08. The molecule has 0 amide bonds. The van der Waals surface area contributed by atoms with Crippen LogP contribution >= 0.6 is 0 Å². The SMILES string of the molecule is COC1(c2ccc(N)c(CN)c2)NN(C(F)F)C(F)=C1F. The molecule has 1 aliphatic rings. The number of ether oxygens (including phenoxy) is 1. The van der Waals surface area contributed by atoms with Crippen molar-refractivity contribution in [2.24, 2.45) is 5.73 Å². The highest BCUT2D eigenvalue weighted by atomic mass is 19.3. The Morgan fingerprint density at radius 1 is 1.38 bits per heavy atom. The molecule has 1 aromatic carbocycles. The molecule has 0 saturated carbocycles. The van der Waals surface area contributed by atoms with E-state index in [1.807, 2.05) is 5.43 Å². The van der Waals surface area contributed by atoms with Crippen molar-refractivity contribution in [1.82, 2.24) is 10.4 Å². The van der Waals surface area contributed by atoms with Crippen LogP contribution in [0.4, 0.5) is 23.2 Å². The number of anilines is 1. The lowest BCUT2D eigenvalue weighted by atomic mass is 9.99. The van der Waals surface area contributed by atoms with Crippen molar-refractivity contribution in [3.8, 4) is 0 Å². The fourth-order valence-electron chi connectivity index (χ4n) is 2.10. The van der Waals surface area contributed by atoms with Crippen LogP contribution in [0.5, 0.6) is 0 Å². The highest BCUT2D eigenvalue weighted by molar-refractivity contribution is 5.51. The summed E-state index contributed by atoms with van der Waals surface area (Å²) in [7, 11) is 1.06. The smallest absolute Gasteiger partial charge is 0.330 e. The molecule has 1 atom stereocenters. The molecular formula is C12H14F4N4O. The Balaban J connectivity index is 2.54. The Hall–Kier alpha value is -1.84. The van der Waals surface area contributed by atoms with Crippen LogP contribution in [0.3, 0.4) is 0 Å². The second-order valence-electron chi connectivity index (χ2n) is 4.37. The van der Waals surface area contributed by atoms with E-state index in [1.54, 1.807) is 0 Å². The molecule has 1 aromatic rings. The van der Waals surface area contributed by atoms with Gasteiger partial charge < -0.3 is 16.2 Å². The maximum atomic E-state index is 14.1.